The molecule has 0 atom stereocenters. The molecule has 8 heteroatoms. The lowest BCUT2D eigenvalue weighted by molar-refractivity contribution is 0.0736. The standard InChI is InChI=1S/C24H16ClN3O4/c25-20-12-15(7-9-21(20)29)23(30)28-27-14-16-8-10-22(19-6-2-1-5-18(16)19)32-24(31)17-4-3-11-26-13-17/h1-14,29H,(H,28,30)/b27-14+. The molecule has 0 saturated heterocycles. The summed E-state index contributed by atoms with van der Waals surface area (Å²) in [7, 11) is 0. The van der Waals surface area contributed by atoms with Gasteiger partial charge in [-0.05, 0) is 47.9 Å². The number of nitrogens with zero attached hydrogens (tertiary/aromatic N) is 2. The number of phenolic OH excluding ortho intramolecular Hbond substituents is 1. The molecule has 0 aliphatic rings. The van der Waals surface area contributed by atoms with Crippen molar-refractivity contribution in [3.8, 4) is 11.5 Å². The Labute approximate surface area is 187 Å². The Kier molecular flexibility index (Phi) is 6.10. The highest BCUT2D eigenvalue weighted by molar-refractivity contribution is 6.32. The summed E-state index contributed by atoms with van der Waals surface area (Å²) in [6.45, 7) is 0. The van der Waals surface area contributed by atoms with E-state index in [0.717, 1.165) is 5.39 Å². The summed E-state index contributed by atoms with van der Waals surface area (Å²) >= 11 is 5.84. The molecule has 158 valence electrons. The first kappa shape index (κ1) is 21.0. The molecule has 7 nitrogen and oxygen atoms in total. The summed E-state index contributed by atoms with van der Waals surface area (Å²) in [4.78, 5) is 28.6. The number of amides is 1. The van der Waals surface area contributed by atoms with Gasteiger partial charge in [0.15, 0.2) is 0 Å². The zero-order chi connectivity index (χ0) is 22.5. The number of rotatable bonds is 5. The van der Waals surface area contributed by atoms with E-state index in [1.54, 1.807) is 30.5 Å². The van der Waals surface area contributed by atoms with Crippen LogP contribution in [0.15, 0.2) is 84.2 Å². The molecule has 1 aromatic heterocycles. The molecule has 0 saturated carbocycles. The highest BCUT2D eigenvalue weighted by atomic mass is 35.5. The first-order chi connectivity index (χ1) is 15.5. The smallest absolute Gasteiger partial charge is 0.345 e. The van der Waals surface area contributed by atoms with Crippen molar-refractivity contribution in [2.45, 2.75) is 0 Å². The first-order valence-electron chi connectivity index (χ1n) is 9.49. The van der Waals surface area contributed by atoms with Crippen molar-refractivity contribution in [3.05, 3.63) is 101 Å². The number of hydrogen-bond acceptors (Lipinski definition) is 6. The fourth-order valence-corrected chi connectivity index (χ4v) is 3.19. The SMILES string of the molecule is O=C(N/N=C/c1ccc(OC(=O)c2cccnc2)c2ccccc12)c1ccc(O)c(Cl)c1. The number of pyridine rings is 1. The number of ether oxygens (including phenoxy) is 1. The molecule has 32 heavy (non-hydrogen) atoms. The van der Waals surface area contributed by atoms with E-state index in [9.17, 15) is 14.7 Å². The van der Waals surface area contributed by atoms with Crippen molar-refractivity contribution >= 4 is 40.5 Å². The van der Waals surface area contributed by atoms with Crippen molar-refractivity contribution in [2.75, 3.05) is 0 Å². The first-order valence-corrected chi connectivity index (χ1v) is 9.86. The summed E-state index contributed by atoms with van der Waals surface area (Å²) in [5, 5.41) is 15.1. The van der Waals surface area contributed by atoms with Crippen LogP contribution in [0.2, 0.25) is 5.02 Å². The average Bonchev–Trinajstić information content (AvgIpc) is 2.82. The number of carbonyl (C=O) groups excluding carboxylic acids is 2. The third-order valence-corrected chi connectivity index (χ3v) is 4.90. The zero-order valence-electron chi connectivity index (χ0n) is 16.5. The molecule has 1 amide bonds. The van der Waals surface area contributed by atoms with Gasteiger partial charge in [-0.25, -0.2) is 10.2 Å². The topological polar surface area (TPSA) is 101 Å². The predicted octanol–water partition coefficient (Wildman–Crippen LogP) is 4.58. The van der Waals surface area contributed by atoms with Crippen LogP contribution < -0.4 is 10.2 Å². The fraction of sp³-hybridized carbons (Fsp3) is 0. The zero-order valence-corrected chi connectivity index (χ0v) is 17.3. The number of aromatic nitrogens is 1. The molecule has 1 heterocycles. The molecular formula is C24H16ClN3O4. The van der Waals surface area contributed by atoms with Gasteiger partial charge in [-0.1, -0.05) is 35.9 Å². The third-order valence-electron chi connectivity index (χ3n) is 4.60. The van der Waals surface area contributed by atoms with Crippen molar-refractivity contribution in [3.63, 3.8) is 0 Å². The number of aromatic hydroxyl groups is 1. The quantitative estimate of drug-likeness (QED) is 0.203. The molecule has 4 aromatic rings. The van der Waals surface area contributed by atoms with Gasteiger partial charge in [0.25, 0.3) is 5.91 Å². The average molecular weight is 446 g/mol. The number of hydrogen-bond donors (Lipinski definition) is 2. The van der Waals surface area contributed by atoms with Gasteiger partial charge in [0, 0.05) is 28.9 Å². The molecule has 0 aliphatic heterocycles. The molecular weight excluding hydrogens is 430 g/mol. The Bertz CT molecular complexity index is 1340. The lowest BCUT2D eigenvalue weighted by Gasteiger charge is -2.09. The van der Waals surface area contributed by atoms with Crippen LogP contribution in [0.25, 0.3) is 10.8 Å². The van der Waals surface area contributed by atoms with Gasteiger partial charge in [-0.3, -0.25) is 9.78 Å². The van der Waals surface area contributed by atoms with Gasteiger partial charge < -0.3 is 9.84 Å². The molecule has 0 spiro atoms. The van der Waals surface area contributed by atoms with Crippen molar-refractivity contribution in [1.82, 2.24) is 10.4 Å². The maximum absolute atomic E-state index is 12.4. The van der Waals surface area contributed by atoms with Gasteiger partial charge in [0.1, 0.15) is 11.5 Å². The molecule has 0 bridgehead atoms. The molecule has 0 fully saturated rings. The van der Waals surface area contributed by atoms with E-state index in [0.29, 0.717) is 22.3 Å². The van der Waals surface area contributed by atoms with Crippen molar-refractivity contribution in [2.24, 2.45) is 5.10 Å². The highest BCUT2D eigenvalue weighted by Crippen LogP contribution is 2.28. The highest BCUT2D eigenvalue weighted by Gasteiger charge is 2.12. The van der Waals surface area contributed by atoms with Gasteiger partial charge in [-0.15, -0.1) is 0 Å². The van der Waals surface area contributed by atoms with Crippen LogP contribution in [0.5, 0.6) is 11.5 Å². The molecule has 4 rings (SSSR count). The summed E-state index contributed by atoms with van der Waals surface area (Å²) in [6.07, 6.45) is 4.51. The Morgan fingerprint density at radius 2 is 1.81 bits per heavy atom. The van der Waals surface area contributed by atoms with E-state index in [1.807, 2.05) is 24.3 Å². The minimum atomic E-state index is -0.510. The van der Waals surface area contributed by atoms with Crippen LogP contribution in [0.4, 0.5) is 0 Å². The van der Waals surface area contributed by atoms with Crippen LogP contribution in [0.3, 0.4) is 0 Å². The number of hydrazone groups is 1. The number of esters is 1. The van der Waals surface area contributed by atoms with E-state index in [4.69, 9.17) is 16.3 Å². The lowest BCUT2D eigenvalue weighted by Crippen LogP contribution is -2.17. The Morgan fingerprint density at radius 1 is 1.00 bits per heavy atom. The van der Waals surface area contributed by atoms with Gasteiger partial charge in [-0.2, -0.15) is 5.10 Å². The second kappa shape index (κ2) is 9.28. The largest absolute Gasteiger partial charge is 0.506 e. The normalized spacial score (nSPS) is 10.9. The van der Waals surface area contributed by atoms with Crippen LogP contribution in [-0.2, 0) is 0 Å². The van der Waals surface area contributed by atoms with Gasteiger partial charge in [0.2, 0.25) is 0 Å². The van der Waals surface area contributed by atoms with Gasteiger partial charge >= 0.3 is 5.97 Å². The number of carbonyl (C=O) groups is 2. The number of benzene rings is 3. The monoisotopic (exact) mass is 445 g/mol. The summed E-state index contributed by atoms with van der Waals surface area (Å²) < 4.78 is 5.56. The second-order valence-electron chi connectivity index (χ2n) is 6.70. The van der Waals surface area contributed by atoms with E-state index in [-0.39, 0.29) is 16.3 Å². The molecule has 2 N–H and O–H groups in total. The number of fused-ring (bicyclic) bond motifs is 1. The fourth-order valence-electron chi connectivity index (χ4n) is 3.01. The summed E-state index contributed by atoms with van der Waals surface area (Å²) in [6, 6.07) is 18.2. The van der Waals surface area contributed by atoms with E-state index < -0.39 is 11.9 Å². The van der Waals surface area contributed by atoms with Crippen LogP contribution in [0, 0.1) is 0 Å². The van der Waals surface area contributed by atoms with E-state index >= 15 is 0 Å². The van der Waals surface area contributed by atoms with Crippen molar-refractivity contribution < 1.29 is 19.4 Å². The second-order valence-corrected chi connectivity index (χ2v) is 7.10. The molecule has 3 aromatic carbocycles. The predicted molar refractivity (Wildman–Crippen MR) is 121 cm³/mol. The number of phenols is 1. The molecule has 0 unspecified atom stereocenters. The van der Waals surface area contributed by atoms with Crippen LogP contribution in [0.1, 0.15) is 26.3 Å². The molecule has 0 aliphatic carbocycles. The lowest BCUT2D eigenvalue weighted by atomic mass is 10.0. The summed E-state index contributed by atoms with van der Waals surface area (Å²) in [5.41, 5.74) is 3.74. The third kappa shape index (κ3) is 4.58. The Morgan fingerprint density at radius 3 is 2.56 bits per heavy atom. The minimum absolute atomic E-state index is 0.0732. The maximum atomic E-state index is 12.4. The summed E-state index contributed by atoms with van der Waals surface area (Å²) in [5.74, 6) is -0.698. The molecule has 0 radical (unpaired) electrons. The minimum Gasteiger partial charge on any atom is -0.506 e. The maximum Gasteiger partial charge on any atom is 0.345 e. The number of halogens is 1. The van der Waals surface area contributed by atoms with Crippen LogP contribution in [-0.4, -0.2) is 28.2 Å². The Hall–Kier alpha value is -4.23. The van der Waals surface area contributed by atoms with E-state index in [2.05, 4.69) is 15.5 Å². The number of nitrogens with one attached hydrogen (secondary N) is 1. The van der Waals surface area contributed by atoms with Crippen molar-refractivity contribution in [1.29, 1.82) is 0 Å². The van der Waals surface area contributed by atoms with E-state index in [1.165, 1.54) is 30.6 Å². The van der Waals surface area contributed by atoms with Gasteiger partial charge in [0.05, 0.1) is 16.8 Å². The Balaban J connectivity index is 1.55. The van der Waals surface area contributed by atoms with Crippen LogP contribution >= 0.6 is 11.6 Å².